The monoisotopic (exact) mass is 325 g/mol. The number of aryl methyl sites for hydroxylation is 1. The van der Waals surface area contributed by atoms with E-state index in [0.29, 0.717) is 5.88 Å². The molecule has 0 aromatic carbocycles. The molecule has 3 nitrogen and oxygen atoms in total. The highest BCUT2D eigenvalue weighted by atomic mass is 35.5. The molecule has 3 aromatic heterocycles. The molecule has 0 fully saturated rings. The first-order valence-electron chi connectivity index (χ1n) is 6.26. The van der Waals surface area contributed by atoms with E-state index in [4.69, 9.17) is 23.2 Å². The van der Waals surface area contributed by atoms with Crippen molar-refractivity contribution in [1.82, 2.24) is 14.5 Å². The van der Waals surface area contributed by atoms with Gasteiger partial charge >= 0.3 is 0 Å². The number of thiophene rings is 1. The van der Waals surface area contributed by atoms with Gasteiger partial charge in [0.05, 0.1) is 16.3 Å². The van der Waals surface area contributed by atoms with Crippen molar-refractivity contribution in [2.75, 3.05) is 0 Å². The first kappa shape index (κ1) is 13.9. The van der Waals surface area contributed by atoms with Crippen molar-refractivity contribution < 1.29 is 0 Å². The average Bonchev–Trinajstić information content (AvgIpc) is 3.01. The average molecular weight is 326 g/mol. The normalized spacial score (nSPS) is 13.0. The van der Waals surface area contributed by atoms with Crippen molar-refractivity contribution in [1.29, 1.82) is 0 Å². The van der Waals surface area contributed by atoms with Crippen LogP contribution in [0, 0.1) is 6.92 Å². The third-order valence-corrected chi connectivity index (χ3v) is 4.90. The summed E-state index contributed by atoms with van der Waals surface area (Å²) < 4.78 is 2.88. The van der Waals surface area contributed by atoms with Gasteiger partial charge in [-0.15, -0.1) is 22.9 Å². The number of pyridine rings is 1. The zero-order chi connectivity index (χ0) is 14.3. The molecule has 0 amide bonds. The highest BCUT2D eigenvalue weighted by Crippen LogP contribution is 2.32. The van der Waals surface area contributed by atoms with E-state index >= 15 is 0 Å². The Morgan fingerprint density at radius 2 is 2.05 bits per heavy atom. The van der Waals surface area contributed by atoms with Crippen molar-refractivity contribution in [3.05, 3.63) is 45.0 Å². The van der Waals surface area contributed by atoms with Gasteiger partial charge in [0.15, 0.2) is 5.65 Å². The predicted octanol–water partition coefficient (Wildman–Crippen LogP) is 4.80. The van der Waals surface area contributed by atoms with Gasteiger partial charge in [0.2, 0.25) is 0 Å². The molecule has 3 heterocycles. The van der Waals surface area contributed by atoms with Crippen molar-refractivity contribution in [2.24, 2.45) is 0 Å². The largest absolute Gasteiger partial charge is 0.304 e. The van der Waals surface area contributed by atoms with E-state index in [1.165, 1.54) is 4.88 Å². The zero-order valence-corrected chi connectivity index (χ0v) is 13.4. The van der Waals surface area contributed by atoms with Crippen LogP contribution in [0.5, 0.6) is 0 Å². The Kier molecular flexibility index (Phi) is 3.71. The number of hydrogen-bond donors (Lipinski definition) is 0. The Labute approximate surface area is 131 Å². The molecule has 0 aliphatic heterocycles. The minimum atomic E-state index is 0.112. The molecule has 6 heteroatoms. The van der Waals surface area contributed by atoms with Gasteiger partial charge in [0.25, 0.3) is 0 Å². The Morgan fingerprint density at radius 1 is 1.25 bits per heavy atom. The Balaban J connectivity index is 2.20. The molecule has 0 N–H and O–H groups in total. The third kappa shape index (κ3) is 2.32. The second-order valence-corrected chi connectivity index (χ2v) is 6.66. The third-order valence-electron chi connectivity index (χ3n) is 3.26. The molecular formula is C14H13Cl2N3S. The number of halogens is 2. The fourth-order valence-electron chi connectivity index (χ4n) is 2.30. The van der Waals surface area contributed by atoms with Gasteiger partial charge in [0, 0.05) is 10.6 Å². The number of aromatic nitrogens is 3. The van der Waals surface area contributed by atoms with Crippen molar-refractivity contribution in [3.63, 3.8) is 0 Å². The maximum absolute atomic E-state index is 6.05. The standard InChI is InChI=1S/C14H13Cl2N3S/c1-8-3-4-10-14(17-8)19(13(7-15)18-10)9(2)11-5-6-12(16)20-11/h3-6,9H,7H2,1-2H3. The lowest BCUT2D eigenvalue weighted by atomic mass is 10.2. The number of imidazole rings is 1. The molecular weight excluding hydrogens is 313 g/mol. The predicted molar refractivity (Wildman–Crippen MR) is 85.0 cm³/mol. The molecule has 3 rings (SSSR count). The van der Waals surface area contributed by atoms with Gasteiger partial charge in [-0.2, -0.15) is 0 Å². The van der Waals surface area contributed by atoms with Crippen molar-refractivity contribution in [3.8, 4) is 0 Å². The summed E-state index contributed by atoms with van der Waals surface area (Å²) in [6, 6.07) is 8.01. The van der Waals surface area contributed by atoms with Crippen LogP contribution in [-0.4, -0.2) is 14.5 Å². The van der Waals surface area contributed by atoms with Crippen LogP contribution in [0.25, 0.3) is 11.2 Å². The second-order valence-electron chi connectivity index (χ2n) is 4.64. The molecule has 0 spiro atoms. The lowest BCUT2D eigenvalue weighted by Gasteiger charge is -2.15. The summed E-state index contributed by atoms with van der Waals surface area (Å²) in [7, 11) is 0. The molecule has 1 unspecified atom stereocenters. The minimum absolute atomic E-state index is 0.112. The van der Waals surface area contributed by atoms with Crippen LogP contribution in [0.2, 0.25) is 4.34 Å². The van der Waals surface area contributed by atoms with E-state index in [9.17, 15) is 0 Å². The lowest BCUT2D eigenvalue weighted by Crippen LogP contribution is -2.09. The van der Waals surface area contributed by atoms with E-state index in [2.05, 4.69) is 21.5 Å². The number of nitrogens with zero attached hydrogens (tertiary/aromatic N) is 3. The topological polar surface area (TPSA) is 30.7 Å². The molecule has 0 aliphatic rings. The van der Waals surface area contributed by atoms with Crippen LogP contribution in [0.3, 0.4) is 0 Å². The molecule has 0 saturated heterocycles. The first-order valence-corrected chi connectivity index (χ1v) is 7.98. The molecule has 0 radical (unpaired) electrons. The summed E-state index contributed by atoms with van der Waals surface area (Å²) >= 11 is 13.7. The smallest absolute Gasteiger partial charge is 0.160 e. The van der Waals surface area contributed by atoms with E-state index in [1.54, 1.807) is 11.3 Å². The number of fused-ring (bicyclic) bond motifs is 1. The van der Waals surface area contributed by atoms with Gasteiger partial charge in [0.1, 0.15) is 11.3 Å². The van der Waals surface area contributed by atoms with Crippen molar-refractivity contribution in [2.45, 2.75) is 25.8 Å². The van der Waals surface area contributed by atoms with Crippen LogP contribution in [0.1, 0.15) is 29.4 Å². The Morgan fingerprint density at radius 3 is 2.70 bits per heavy atom. The van der Waals surface area contributed by atoms with Crippen LogP contribution < -0.4 is 0 Å². The summed E-state index contributed by atoms with van der Waals surface area (Å²) in [6.07, 6.45) is 0. The highest BCUT2D eigenvalue weighted by molar-refractivity contribution is 7.16. The van der Waals surface area contributed by atoms with Crippen LogP contribution in [-0.2, 0) is 5.88 Å². The Hall–Kier alpha value is -1.10. The summed E-state index contributed by atoms with van der Waals surface area (Å²) in [5.41, 5.74) is 2.72. The summed E-state index contributed by atoms with van der Waals surface area (Å²) in [6.45, 7) is 4.09. The van der Waals surface area contributed by atoms with Crippen LogP contribution in [0.15, 0.2) is 24.3 Å². The summed E-state index contributed by atoms with van der Waals surface area (Å²) in [5.74, 6) is 1.19. The SMILES string of the molecule is Cc1ccc2nc(CCl)n(C(C)c3ccc(Cl)s3)c2n1. The molecule has 0 saturated carbocycles. The second kappa shape index (κ2) is 5.35. The van der Waals surface area contributed by atoms with E-state index in [0.717, 1.165) is 27.0 Å². The summed E-state index contributed by atoms with van der Waals surface area (Å²) in [5, 5.41) is 0. The van der Waals surface area contributed by atoms with E-state index in [1.807, 2.05) is 31.2 Å². The van der Waals surface area contributed by atoms with E-state index in [-0.39, 0.29) is 6.04 Å². The maximum Gasteiger partial charge on any atom is 0.160 e. The zero-order valence-electron chi connectivity index (χ0n) is 11.1. The summed E-state index contributed by atoms with van der Waals surface area (Å²) in [4.78, 5) is 10.3. The first-order chi connectivity index (χ1) is 9.60. The van der Waals surface area contributed by atoms with Gasteiger partial charge in [-0.25, -0.2) is 9.97 Å². The number of alkyl halides is 1. The van der Waals surface area contributed by atoms with Gasteiger partial charge < -0.3 is 4.57 Å². The molecule has 0 aliphatic carbocycles. The fraction of sp³-hybridized carbons (Fsp3) is 0.286. The molecule has 1 atom stereocenters. The lowest BCUT2D eigenvalue weighted by molar-refractivity contribution is 0.638. The Bertz CT molecular complexity index is 763. The van der Waals surface area contributed by atoms with Gasteiger partial charge in [-0.1, -0.05) is 11.6 Å². The molecule has 20 heavy (non-hydrogen) atoms. The highest BCUT2D eigenvalue weighted by Gasteiger charge is 2.19. The fourth-order valence-corrected chi connectivity index (χ4v) is 3.59. The van der Waals surface area contributed by atoms with Crippen molar-refractivity contribution >= 4 is 45.7 Å². The maximum atomic E-state index is 6.05. The molecule has 104 valence electrons. The van der Waals surface area contributed by atoms with Crippen LogP contribution in [0.4, 0.5) is 0 Å². The number of hydrogen-bond acceptors (Lipinski definition) is 3. The molecule has 3 aromatic rings. The molecule has 0 bridgehead atoms. The van der Waals surface area contributed by atoms with Crippen LogP contribution >= 0.6 is 34.5 Å². The minimum Gasteiger partial charge on any atom is -0.304 e. The quantitative estimate of drug-likeness (QED) is 0.647. The number of rotatable bonds is 3. The van der Waals surface area contributed by atoms with E-state index < -0.39 is 0 Å². The van der Waals surface area contributed by atoms with Gasteiger partial charge in [-0.05, 0) is 38.1 Å². The van der Waals surface area contributed by atoms with Gasteiger partial charge in [-0.3, -0.25) is 0 Å².